The van der Waals surface area contributed by atoms with Crippen LogP contribution in [0.15, 0.2) is 0 Å². The van der Waals surface area contributed by atoms with Crippen molar-refractivity contribution < 1.29 is 0 Å². The predicted molar refractivity (Wildman–Crippen MR) is 51.7 cm³/mol. The molecule has 0 aromatic heterocycles. The van der Waals surface area contributed by atoms with Gasteiger partial charge in [-0.1, -0.05) is 12.3 Å². The lowest BCUT2D eigenvalue weighted by Crippen LogP contribution is -2.40. The van der Waals surface area contributed by atoms with Crippen molar-refractivity contribution in [1.29, 1.82) is 0 Å². The summed E-state index contributed by atoms with van der Waals surface area (Å²) in [4.78, 5) is 2.39. The van der Waals surface area contributed by atoms with E-state index < -0.39 is 0 Å². The highest BCUT2D eigenvalue weighted by molar-refractivity contribution is 4.91. The topological polar surface area (TPSA) is 29.3 Å². The molecule has 2 N–H and O–H groups in total. The summed E-state index contributed by atoms with van der Waals surface area (Å²) < 4.78 is 0. The number of nitrogens with zero attached hydrogens (tertiary/aromatic N) is 1. The van der Waals surface area contributed by atoms with Gasteiger partial charge in [-0.2, -0.15) is 0 Å². The fourth-order valence-electron chi connectivity index (χ4n) is 1.90. The molecule has 1 atom stereocenters. The van der Waals surface area contributed by atoms with E-state index in [9.17, 15) is 0 Å². The van der Waals surface area contributed by atoms with Gasteiger partial charge < -0.3 is 5.73 Å². The first-order valence-corrected chi connectivity index (χ1v) is 4.76. The van der Waals surface area contributed by atoms with Crippen molar-refractivity contribution in [2.75, 3.05) is 19.6 Å². The van der Waals surface area contributed by atoms with E-state index in [1.54, 1.807) is 0 Å². The molecule has 0 aliphatic carbocycles. The van der Waals surface area contributed by atoms with E-state index in [-0.39, 0.29) is 0 Å². The van der Waals surface area contributed by atoms with E-state index in [4.69, 9.17) is 12.2 Å². The van der Waals surface area contributed by atoms with Crippen LogP contribution in [0, 0.1) is 12.3 Å². The minimum absolute atomic E-state index is 0.653. The van der Waals surface area contributed by atoms with Crippen LogP contribution in [0.2, 0.25) is 0 Å². The Balaban J connectivity index is 2.38. The second kappa shape index (κ2) is 5.18. The van der Waals surface area contributed by atoms with E-state index in [2.05, 4.69) is 10.8 Å². The van der Waals surface area contributed by atoms with Gasteiger partial charge in [0.2, 0.25) is 0 Å². The third kappa shape index (κ3) is 2.51. The van der Waals surface area contributed by atoms with Crippen LogP contribution in [0.4, 0.5) is 0 Å². The Labute approximate surface area is 75.1 Å². The Morgan fingerprint density at radius 3 is 3.00 bits per heavy atom. The highest BCUT2D eigenvalue weighted by Crippen LogP contribution is 2.18. The summed E-state index contributed by atoms with van der Waals surface area (Å²) in [6.07, 6.45) is 10.3. The van der Waals surface area contributed by atoms with Crippen LogP contribution in [0.3, 0.4) is 0 Å². The molecule has 0 aromatic carbocycles. The number of terminal acetylenes is 1. The number of rotatable bonds is 3. The molecule has 1 aliphatic rings. The van der Waals surface area contributed by atoms with Crippen LogP contribution in [0.1, 0.15) is 25.7 Å². The molecule has 0 radical (unpaired) electrons. The number of piperidine rings is 1. The Bertz CT molecular complexity index is 158. The summed E-state index contributed by atoms with van der Waals surface area (Å²) in [6, 6.07) is 0.653. The third-order valence-corrected chi connectivity index (χ3v) is 2.54. The van der Waals surface area contributed by atoms with Crippen LogP contribution in [0.25, 0.3) is 0 Å². The van der Waals surface area contributed by atoms with Gasteiger partial charge in [-0.15, -0.1) is 6.42 Å². The molecular weight excluding hydrogens is 148 g/mol. The van der Waals surface area contributed by atoms with E-state index in [0.29, 0.717) is 6.04 Å². The van der Waals surface area contributed by atoms with Gasteiger partial charge in [0.05, 0.1) is 6.54 Å². The molecule has 2 heteroatoms. The molecule has 12 heavy (non-hydrogen) atoms. The zero-order valence-electron chi connectivity index (χ0n) is 7.63. The zero-order valence-corrected chi connectivity index (χ0v) is 7.63. The summed E-state index contributed by atoms with van der Waals surface area (Å²) in [7, 11) is 0. The molecule has 1 aliphatic heterocycles. The molecule has 0 amide bonds. The van der Waals surface area contributed by atoms with Crippen LogP contribution >= 0.6 is 0 Å². The van der Waals surface area contributed by atoms with Crippen molar-refractivity contribution in [3.8, 4) is 12.3 Å². The normalized spacial score (nSPS) is 25.2. The van der Waals surface area contributed by atoms with Gasteiger partial charge in [0.15, 0.2) is 0 Å². The lowest BCUT2D eigenvalue weighted by Gasteiger charge is -2.34. The minimum atomic E-state index is 0.653. The molecule has 1 heterocycles. The molecular formula is C10H18N2. The number of nitrogens with two attached hydrogens (primary N) is 1. The molecule has 2 nitrogen and oxygen atoms in total. The van der Waals surface area contributed by atoms with E-state index >= 15 is 0 Å². The average molecular weight is 166 g/mol. The fraction of sp³-hybridized carbons (Fsp3) is 0.800. The number of hydrogen-bond donors (Lipinski definition) is 1. The van der Waals surface area contributed by atoms with Crippen LogP contribution in [0.5, 0.6) is 0 Å². The maximum atomic E-state index is 5.54. The van der Waals surface area contributed by atoms with E-state index in [1.165, 1.54) is 19.3 Å². The van der Waals surface area contributed by atoms with Gasteiger partial charge >= 0.3 is 0 Å². The molecule has 1 rings (SSSR count). The SMILES string of the molecule is C#CCN1CCCCC1CCN. The van der Waals surface area contributed by atoms with E-state index in [1.807, 2.05) is 0 Å². The Morgan fingerprint density at radius 2 is 2.33 bits per heavy atom. The van der Waals surface area contributed by atoms with Crippen molar-refractivity contribution in [3.63, 3.8) is 0 Å². The van der Waals surface area contributed by atoms with Crippen molar-refractivity contribution in [3.05, 3.63) is 0 Å². The zero-order chi connectivity index (χ0) is 8.81. The maximum absolute atomic E-state index is 5.54. The second-order valence-corrected chi connectivity index (χ2v) is 3.40. The summed E-state index contributed by atoms with van der Waals surface area (Å²) in [5, 5.41) is 0. The molecule has 1 unspecified atom stereocenters. The highest BCUT2D eigenvalue weighted by atomic mass is 15.2. The van der Waals surface area contributed by atoms with Gasteiger partial charge in [0.25, 0.3) is 0 Å². The first kappa shape index (κ1) is 9.57. The number of hydrogen-bond acceptors (Lipinski definition) is 2. The minimum Gasteiger partial charge on any atom is -0.330 e. The van der Waals surface area contributed by atoms with Crippen LogP contribution in [-0.2, 0) is 0 Å². The second-order valence-electron chi connectivity index (χ2n) is 3.40. The summed E-state index contributed by atoms with van der Waals surface area (Å²) in [5.74, 6) is 2.71. The first-order valence-electron chi connectivity index (χ1n) is 4.76. The standard InChI is InChI=1S/C10H18N2/c1-2-8-12-9-4-3-5-10(12)6-7-11/h1,10H,3-9,11H2. The van der Waals surface area contributed by atoms with Crippen molar-refractivity contribution in [1.82, 2.24) is 4.90 Å². The predicted octanol–water partition coefficient (Wildman–Crippen LogP) is 0.823. The smallest absolute Gasteiger partial charge is 0.0601 e. The largest absolute Gasteiger partial charge is 0.330 e. The average Bonchev–Trinajstić information content (AvgIpc) is 2.09. The number of likely N-dealkylation sites (tertiary alicyclic amines) is 1. The van der Waals surface area contributed by atoms with Gasteiger partial charge in [0.1, 0.15) is 0 Å². The highest BCUT2D eigenvalue weighted by Gasteiger charge is 2.20. The quantitative estimate of drug-likeness (QED) is 0.629. The fourth-order valence-corrected chi connectivity index (χ4v) is 1.90. The Kier molecular flexibility index (Phi) is 4.13. The lowest BCUT2D eigenvalue weighted by molar-refractivity contribution is 0.161. The molecule has 1 fully saturated rings. The van der Waals surface area contributed by atoms with Crippen LogP contribution < -0.4 is 5.73 Å². The van der Waals surface area contributed by atoms with Crippen molar-refractivity contribution in [2.45, 2.75) is 31.7 Å². The monoisotopic (exact) mass is 166 g/mol. The van der Waals surface area contributed by atoms with Gasteiger partial charge in [0, 0.05) is 6.04 Å². The first-order chi connectivity index (χ1) is 5.88. The lowest BCUT2D eigenvalue weighted by atomic mass is 9.99. The Hall–Kier alpha value is -0.520. The van der Waals surface area contributed by atoms with Gasteiger partial charge in [-0.05, 0) is 32.4 Å². The molecule has 0 saturated carbocycles. The molecule has 0 spiro atoms. The summed E-state index contributed by atoms with van der Waals surface area (Å²) >= 11 is 0. The van der Waals surface area contributed by atoms with Crippen LogP contribution in [-0.4, -0.2) is 30.6 Å². The van der Waals surface area contributed by atoms with E-state index in [0.717, 1.165) is 26.1 Å². The molecule has 0 aromatic rings. The molecule has 68 valence electrons. The summed E-state index contributed by atoms with van der Waals surface area (Å²) in [5.41, 5.74) is 5.54. The van der Waals surface area contributed by atoms with Crippen molar-refractivity contribution in [2.24, 2.45) is 5.73 Å². The maximum Gasteiger partial charge on any atom is 0.0601 e. The molecule has 0 bridgehead atoms. The Morgan fingerprint density at radius 1 is 1.50 bits per heavy atom. The molecule has 1 saturated heterocycles. The van der Waals surface area contributed by atoms with Gasteiger partial charge in [-0.3, -0.25) is 4.90 Å². The van der Waals surface area contributed by atoms with Crippen molar-refractivity contribution >= 4 is 0 Å². The summed E-state index contributed by atoms with van der Waals surface area (Å²) in [6.45, 7) is 2.74. The third-order valence-electron chi connectivity index (χ3n) is 2.54. The van der Waals surface area contributed by atoms with Gasteiger partial charge in [-0.25, -0.2) is 0 Å².